The summed E-state index contributed by atoms with van der Waals surface area (Å²) in [5.41, 5.74) is 5.50. The maximum absolute atomic E-state index is 5.59. The zero-order valence-corrected chi connectivity index (χ0v) is 9.79. The van der Waals surface area contributed by atoms with Crippen molar-refractivity contribution in [3.8, 4) is 0 Å². The standard InChI is InChI=1S/C13H22N2/c1-3-4-5-9-13(15-14)12-8-6-7-11(2)10-12/h6-8,10,13,15H,3-5,9,14H2,1-2H3. The molecule has 3 N–H and O–H groups in total. The summed E-state index contributed by atoms with van der Waals surface area (Å²) in [6.07, 6.45) is 4.89. The van der Waals surface area contributed by atoms with Crippen LogP contribution in [0.4, 0.5) is 0 Å². The number of rotatable bonds is 6. The molecule has 2 heteroatoms. The Kier molecular flexibility index (Phi) is 5.37. The van der Waals surface area contributed by atoms with Gasteiger partial charge in [-0.3, -0.25) is 11.3 Å². The Labute approximate surface area is 92.8 Å². The highest BCUT2D eigenvalue weighted by Crippen LogP contribution is 2.19. The third kappa shape index (κ3) is 4.02. The van der Waals surface area contributed by atoms with Crippen molar-refractivity contribution in [1.82, 2.24) is 5.43 Å². The van der Waals surface area contributed by atoms with Gasteiger partial charge in [0.05, 0.1) is 0 Å². The van der Waals surface area contributed by atoms with E-state index >= 15 is 0 Å². The first kappa shape index (κ1) is 12.2. The molecule has 0 aliphatic rings. The van der Waals surface area contributed by atoms with E-state index < -0.39 is 0 Å². The van der Waals surface area contributed by atoms with E-state index in [-0.39, 0.29) is 0 Å². The summed E-state index contributed by atoms with van der Waals surface area (Å²) in [5.74, 6) is 5.59. The highest BCUT2D eigenvalue weighted by Gasteiger charge is 2.08. The Morgan fingerprint density at radius 2 is 2.13 bits per heavy atom. The summed E-state index contributed by atoms with van der Waals surface area (Å²) in [7, 11) is 0. The fourth-order valence-corrected chi connectivity index (χ4v) is 1.83. The van der Waals surface area contributed by atoms with Crippen molar-refractivity contribution in [3.05, 3.63) is 35.4 Å². The van der Waals surface area contributed by atoms with Crippen LogP contribution in [0, 0.1) is 6.92 Å². The van der Waals surface area contributed by atoms with Gasteiger partial charge >= 0.3 is 0 Å². The van der Waals surface area contributed by atoms with Crippen LogP contribution in [0.15, 0.2) is 24.3 Å². The Bertz CT molecular complexity index is 284. The van der Waals surface area contributed by atoms with E-state index in [0.29, 0.717) is 6.04 Å². The lowest BCUT2D eigenvalue weighted by molar-refractivity contribution is 0.486. The van der Waals surface area contributed by atoms with E-state index in [0.717, 1.165) is 6.42 Å². The summed E-state index contributed by atoms with van der Waals surface area (Å²) in [5, 5.41) is 0. The van der Waals surface area contributed by atoms with Crippen molar-refractivity contribution in [1.29, 1.82) is 0 Å². The van der Waals surface area contributed by atoms with Gasteiger partial charge in [0.1, 0.15) is 0 Å². The quantitative estimate of drug-likeness (QED) is 0.426. The Morgan fingerprint density at radius 3 is 2.73 bits per heavy atom. The third-order valence-corrected chi connectivity index (χ3v) is 2.74. The molecule has 1 atom stereocenters. The number of hydrazine groups is 1. The zero-order chi connectivity index (χ0) is 11.1. The largest absolute Gasteiger partial charge is 0.271 e. The van der Waals surface area contributed by atoms with Gasteiger partial charge in [0.2, 0.25) is 0 Å². The average Bonchev–Trinajstić information content (AvgIpc) is 2.24. The average molecular weight is 206 g/mol. The fraction of sp³-hybridized carbons (Fsp3) is 0.538. The van der Waals surface area contributed by atoms with Crippen LogP contribution in [-0.4, -0.2) is 0 Å². The van der Waals surface area contributed by atoms with E-state index in [4.69, 9.17) is 5.84 Å². The number of nitrogens with one attached hydrogen (secondary N) is 1. The number of hydrogen-bond acceptors (Lipinski definition) is 2. The first-order valence-electron chi connectivity index (χ1n) is 5.80. The second-order valence-corrected chi connectivity index (χ2v) is 4.13. The maximum atomic E-state index is 5.59. The van der Waals surface area contributed by atoms with Gasteiger partial charge in [-0.25, -0.2) is 0 Å². The van der Waals surface area contributed by atoms with Crippen molar-refractivity contribution < 1.29 is 0 Å². The van der Waals surface area contributed by atoms with Gasteiger partial charge in [-0.2, -0.15) is 0 Å². The first-order chi connectivity index (χ1) is 7.27. The molecule has 1 aromatic carbocycles. The summed E-state index contributed by atoms with van der Waals surface area (Å²) in [4.78, 5) is 0. The van der Waals surface area contributed by atoms with Crippen LogP contribution >= 0.6 is 0 Å². The minimum atomic E-state index is 0.302. The van der Waals surface area contributed by atoms with Crippen LogP contribution in [0.5, 0.6) is 0 Å². The van der Waals surface area contributed by atoms with Crippen LogP contribution in [0.25, 0.3) is 0 Å². The van der Waals surface area contributed by atoms with E-state index in [1.54, 1.807) is 0 Å². The molecule has 1 aromatic rings. The molecule has 0 saturated heterocycles. The normalized spacial score (nSPS) is 12.7. The minimum Gasteiger partial charge on any atom is -0.271 e. The lowest BCUT2D eigenvalue weighted by Gasteiger charge is -2.16. The highest BCUT2D eigenvalue weighted by atomic mass is 15.2. The molecule has 0 saturated carbocycles. The predicted octanol–water partition coefficient (Wildman–Crippen LogP) is 3.08. The molecule has 1 unspecified atom stereocenters. The molecule has 0 bridgehead atoms. The first-order valence-corrected chi connectivity index (χ1v) is 5.80. The Morgan fingerprint density at radius 1 is 1.33 bits per heavy atom. The van der Waals surface area contributed by atoms with Crippen molar-refractivity contribution in [2.24, 2.45) is 5.84 Å². The van der Waals surface area contributed by atoms with E-state index in [1.165, 1.54) is 30.4 Å². The van der Waals surface area contributed by atoms with Crippen LogP contribution in [0.2, 0.25) is 0 Å². The molecule has 0 heterocycles. The molecule has 0 spiro atoms. The van der Waals surface area contributed by atoms with Gasteiger partial charge in [-0.1, -0.05) is 56.0 Å². The van der Waals surface area contributed by atoms with Crippen molar-refractivity contribution in [3.63, 3.8) is 0 Å². The molecule has 0 aromatic heterocycles. The van der Waals surface area contributed by atoms with Crippen LogP contribution < -0.4 is 11.3 Å². The zero-order valence-electron chi connectivity index (χ0n) is 9.79. The molecule has 0 amide bonds. The number of hydrogen-bond donors (Lipinski definition) is 2. The van der Waals surface area contributed by atoms with Crippen LogP contribution in [-0.2, 0) is 0 Å². The number of aryl methyl sites for hydroxylation is 1. The number of benzene rings is 1. The summed E-state index contributed by atoms with van der Waals surface area (Å²) in [6.45, 7) is 4.33. The molecule has 0 fully saturated rings. The smallest absolute Gasteiger partial charge is 0.0460 e. The third-order valence-electron chi connectivity index (χ3n) is 2.74. The van der Waals surface area contributed by atoms with Gasteiger partial charge in [-0.05, 0) is 18.9 Å². The second kappa shape index (κ2) is 6.59. The molecule has 0 aliphatic heterocycles. The van der Waals surface area contributed by atoms with Gasteiger partial charge in [0, 0.05) is 6.04 Å². The summed E-state index contributed by atoms with van der Waals surface area (Å²) >= 11 is 0. The predicted molar refractivity (Wildman–Crippen MR) is 65.4 cm³/mol. The minimum absolute atomic E-state index is 0.302. The molecule has 1 rings (SSSR count). The van der Waals surface area contributed by atoms with Gasteiger partial charge < -0.3 is 0 Å². The lowest BCUT2D eigenvalue weighted by Crippen LogP contribution is -2.28. The van der Waals surface area contributed by atoms with Gasteiger partial charge in [0.25, 0.3) is 0 Å². The molecule has 0 aliphatic carbocycles. The van der Waals surface area contributed by atoms with Crippen molar-refractivity contribution in [2.75, 3.05) is 0 Å². The topological polar surface area (TPSA) is 38.0 Å². The SMILES string of the molecule is CCCCCC(NN)c1cccc(C)c1. The molecule has 15 heavy (non-hydrogen) atoms. The van der Waals surface area contributed by atoms with E-state index in [9.17, 15) is 0 Å². The molecule has 84 valence electrons. The lowest BCUT2D eigenvalue weighted by atomic mass is 9.99. The van der Waals surface area contributed by atoms with Crippen LogP contribution in [0.3, 0.4) is 0 Å². The van der Waals surface area contributed by atoms with Crippen molar-refractivity contribution >= 4 is 0 Å². The number of nitrogens with two attached hydrogens (primary N) is 1. The maximum Gasteiger partial charge on any atom is 0.0460 e. The Hall–Kier alpha value is -0.860. The highest BCUT2D eigenvalue weighted by molar-refractivity contribution is 5.24. The molecule has 2 nitrogen and oxygen atoms in total. The molecular formula is C13H22N2. The van der Waals surface area contributed by atoms with E-state index in [2.05, 4.69) is 43.5 Å². The molecule has 0 radical (unpaired) electrons. The Balaban J connectivity index is 2.57. The molecular weight excluding hydrogens is 184 g/mol. The van der Waals surface area contributed by atoms with Crippen molar-refractivity contribution in [2.45, 2.75) is 45.6 Å². The van der Waals surface area contributed by atoms with E-state index in [1.807, 2.05) is 0 Å². The summed E-state index contributed by atoms with van der Waals surface area (Å²) in [6, 6.07) is 8.86. The van der Waals surface area contributed by atoms with Crippen LogP contribution in [0.1, 0.15) is 49.8 Å². The van der Waals surface area contributed by atoms with Gasteiger partial charge in [0.15, 0.2) is 0 Å². The fourth-order valence-electron chi connectivity index (χ4n) is 1.83. The second-order valence-electron chi connectivity index (χ2n) is 4.13. The monoisotopic (exact) mass is 206 g/mol. The van der Waals surface area contributed by atoms with Gasteiger partial charge in [-0.15, -0.1) is 0 Å². The number of unbranched alkanes of at least 4 members (excludes halogenated alkanes) is 2. The summed E-state index contributed by atoms with van der Waals surface area (Å²) < 4.78 is 0.